The van der Waals surface area contributed by atoms with E-state index >= 15 is 0 Å². The van der Waals surface area contributed by atoms with Crippen LogP contribution >= 0.6 is 23.2 Å². The molecular formula is C12H16Cl2N2O2. The number of halogens is 2. The molecule has 0 bridgehead atoms. The Morgan fingerprint density at radius 1 is 1.50 bits per heavy atom. The topological polar surface area (TPSA) is 62.2 Å². The van der Waals surface area contributed by atoms with Crippen LogP contribution in [-0.2, 0) is 0 Å². The van der Waals surface area contributed by atoms with Gasteiger partial charge < -0.3 is 10.4 Å². The largest absolute Gasteiger partial charge is 0.396 e. The summed E-state index contributed by atoms with van der Waals surface area (Å²) in [6.07, 6.45) is 2.05. The first-order valence-electron chi connectivity index (χ1n) is 5.67. The number of pyridine rings is 1. The molecular weight excluding hydrogens is 275 g/mol. The summed E-state index contributed by atoms with van der Waals surface area (Å²) < 4.78 is 0. The van der Waals surface area contributed by atoms with E-state index in [0.717, 1.165) is 0 Å². The van der Waals surface area contributed by atoms with Crippen molar-refractivity contribution in [1.82, 2.24) is 10.3 Å². The lowest BCUT2D eigenvalue weighted by molar-refractivity contribution is 0.0945. The summed E-state index contributed by atoms with van der Waals surface area (Å²) in [6.45, 7) is 4.24. The number of carbonyl (C=O) groups excluding carboxylic acids is 1. The Morgan fingerprint density at radius 2 is 2.17 bits per heavy atom. The van der Waals surface area contributed by atoms with E-state index in [1.165, 1.54) is 6.20 Å². The van der Waals surface area contributed by atoms with Crippen LogP contribution in [0.4, 0.5) is 0 Å². The van der Waals surface area contributed by atoms with Gasteiger partial charge in [-0.3, -0.25) is 9.78 Å². The summed E-state index contributed by atoms with van der Waals surface area (Å²) in [5.74, 6) is -0.106. The second-order valence-corrected chi connectivity index (χ2v) is 4.97. The highest BCUT2D eigenvalue weighted by molar-refractivity contribution is 6.44. The van der Waals surface area contributed by atoms with Crippen molar-refractivity contribution in [2.45, 2.75) is 20.3 Å². The Kier molecular flexibility index (Phi) is 5.85. The summed E-state index contributed by atoms with van der Waals surface area (Å²) in [7, 11) is 0. The number of aryl methyl sites for hydroxylation is 1. The van der Waals surface area contributed by atoms with E-state index in [1.54, 1.807) is 6.92 Å². The van der Waals surface area contributed by atoms with Crippen LogP contribution in [0.2, 0.25) is 10.0 Å². The fourth-order valence-electron chi connectivity index (χ4n) is 1.39. The van der Waals surface area contributed by atoms with Crippen LogP contribution in [0, 0.1) is 12.8 Å². The van der Waals surface area contributed by atoms with Crippen LogP contribution < -0.4 is 5.32 Å². The molecule has 0 saturated carbocycles. The molecule has 0 radical (unpaired) electrons. The number of hydrogen-bond acceptors (Lipinski definition) is 3. The van der Waals surface area contributed by atoms with Gasteiger partial charge in [0, 0.05) is 19.3 Å². The van der Waals surface area contributed by atoms with Crippen LogP contribution in [0.1, 0.15) is 29.4 Å². The third-order valence-corrected chi connectivity index (χ3v) is 3.56. The number of amides is 1. The van der Waals surface area contributed by atoms with Crippen LogP contribution in [0.15, 0.2) is 6.20 Å². The third-order valence-electron chi connectivity index (χ3n) is 2.61. The maximum atomic E-state index is 11.9. The maximum Gasteiger partial charge on any atom is 0.254 e. The minimum atomic E-state index is -0.306. The van der Waals surface area contributed by atoms with Crippen LogP contribution in [0.25, 0.3) is 0 Å². The van der Waals surface area contributed by atoms with Gasteiger partial charge in [-0.1, -0.05) is 30.1 Å². The summed E-state index contributed by atoms with van der Waals surface area (Å²) >= 11 is 11.9. The number of rotatable bonds is 5. The number of aliphatic hydroxyl groups excluding tert-OH is 1. The number of nitrogens with one attached hydrogen (secondary N) is 1. The Morgan fingerprint density at radius 3 is 2.78 bits per heavy atom. The molecule has 0 aliphatic heterocycles. The number of hydrogen-bond donors (Lipinski definition) is 2. The van der Waals surface area contributed by atoms with Crippen molar-refractivity contribution in [3.63, 3.8) is 0 Å². The molecule has 0 aliphatic carbocycles. The van der Waals surface area contributed by atoms with Crippen molar-refractivity contribution in [2.75, 3.05) is 13.2 Å². The van der Waals surface area contributed by atoms with Gasteiger partial charge in [-0.05, 0) is 19.3 Å². The van der Waals surface area contributed by atoms with Crippen molar-refractivity contribution in [1.29, 1.82) is 0 Å². The van der Waals surface area contributed by atoms with Crippen molar-refractivity contribution in [3.8, 4) is 0 Å². The molecule has 2 N–H and O–H groups in total. The average molecular weight is 291 g/mol. The zero-order chi connectivity index (χ0) is 13.7. The van der Waals surface area contributed by atoms with Gasteiger partial charge in [-0.15, -0.1) is 0 Å². The Bertz CT molecular complexity index is 438. The highest BCUT2D eigenvalue weighted by Gasteiger charge is 2.15. The molecule has 0 saturated heterocycles. The van der Waals surface area contributed by atoms with Gasteiger partial charge in [-0.25, -0.2) is 0 Å². The molecule has 1 rings (SSSR count). The summed E-state index contributed by atoms with van der Waals surface area (Å²) in [6, 6.07) is 0. The summed E-state index contributed by atoms with van der Waals surface area (Å²) in [5.41, 5.74) is 0.857. The highest BCUT2D eigenvalue weighted by atomic mass is 35.5. The molecule has 6 heteroatoms. The van der Waals surface area contributed by atoms with Crippen molar-refractivity contribution in [2.24, 2.45) is 5.92 Å². The molecule has 0 fully saturated rings. The molecule has 0 aromatic carbocycles. The summed E-state index contributed by atoms with van der Waals surface area (Å²) in [5, 5.41) is 12.0. The van der Waals surface area contributed by atoms with E-state index in [4.69, 9.17) is 28.3 Å². The first-order chi connectivity index (χ1) is 8.47. The van der Waals surface area contributed by atoms with E-state index in [-0.39, 0.29) is 29.0 Å². The number of carbonyl (C=O) groups is 1. The first kappa shape index (κ1) is 15.2. The monoisotopic (exact) mass is 290 g/mol. The second-order valence-electron chi connectivity index (χ2n) is 4.21. The Balaban J connectivity index is 2.71. The van der Waals surface area contributed by atoms with Crippen molar-refractivity contribution in [3.05, 3.63) is 27.5 Å². The molecule has 1 atom stereocenters. The van der Waals surface area contributed by atoms with Crippen molar-refractivity contribution >= 4 is 29.1 Å². The number of aliphatic hydroxyl groups is 1. The van der Waals surface area contributed by atoms with Crippen LogP contribution in [0.5, 0.6) is 0 Å². The average Bonchev–Trinajstić information content (AvgIpc) is 2.34. The zero-order valence-electron chi connectivity index (χ0n) is 10.3. The van der Waals surface area contributed by atoms with Crippen LogP contribution in [0.3, 0.4) is 0 Å². The van der Waals surface area contributed by atoms with E-state index in [1.807, 2.05) is 6.92 Å². The molecule has 1 unspecified atom stereocenters. The Hall–Kier alpha value is -0.840. The van der Waals surface area contributed by atoms with E-state index in [2.05, 4.69) is 10.3 Å². The quantitative estimate of drug-likeness (QED) is 0.876. The van der Waals surface area contributed by atoms with Gasteiger partial charge >= 0.3 is 0 Å². The first-order valence-corrected chi connectivity index (χ1v) is 6.42. The van der Waals surface area contributed by atoms with Gasteiger partial charge in [0.1, 0.15) is 0 Å². The second kappa shape index (κ2) is 6.92. The zero-order valence-corrected chi connectivity index (χ0v) is 11.8. The van der Waals surface area contributed by atoms with Gasteiger partial charge in [0.2, 0.25) is 0 Å². The molecule has 0 spiro atoms. The normalized spacial score (nSPS) is 12.3. The van der Waals surface area contributed by atoms with E-state index in [9.17, 15) is 4.79 Å². The minimum absolute atomic E-state index is 0.107. The van der Waals surface area contributed by atoms with Gasteiger partial charge in [0.05, 0.1) is 21.3 Å². The minimum Gasteiger partial charge on any atom is -0.396 e. The molecule has 18 heavy (non-hydrogen) atoms. The molecule has 0 aliphatic rings. The fraction of sp³-hybridized carbons (Fsp3) is 0.500. The molecule has 1 amide bonds. The number of nitrogens with zero attached hydrogens (tertiary/aromatic N) is 1. The van der Waals surface area contributed by atoms with Gasteiger partial charge in [-0.2, -0.15) is 0 Å². The molecule has 1 heterocycles. The lowest BCUT2D eigenvalue weighted by Gasteiger charge is -2.12. The highest BCUT2D eigenvalue weighted by Crippen LogP contribution is 2.27. The molecule has 100 valence electrons. The Labute approximate surface area is 116 Å². The third kappa shape index (κ3) is 3.83. The fourth-order valence-corrected chi connectivity index (χ4v) is 1.82. The number of aromatic nitrogens is 1. The van der Waals surface area contributed by atoms with Crippen LogP contribution in [-0.4, -0.2) is 29.1 Å². The maximum absolute atomic E-state index is 11.9. The van der Waals surface area contributed by atoms with Gasteiger partial charge in [0.15, 0.2) is 0 Å². The van der Waals surface area contributed by atoms with Gasteiger partial charge in [0.25, 0.3) is 5.91 Å². The molecule has 4 nitrogen and oxygen atoms in total. The lowest BCUT2D eigenvalue weighted by atomic mass is 10.1. The summed E-state index contributed by atoms with van der Waals surface area (Å²) in [4.78, 5) is 15.9. The predicted molar refractivity (Wildman–Crippen MR) is 72.2 cm³/mol. The predicted octanol–water partition coefficient (Wildman–Crippen LogP) is 2.45. The molecule has 1 aromatic heterocycles. The van der Waals surface area contributed by atoms with E-state index < -0.39 is 0 Å². The van der Waals surface area contributed by atoms with E-state index in [0.29, 0.717) is 23.7 Å². The lowest BCUT2D eigenvalue weighted by Crippen LogP contribution is -2.29. The molecule has 1 aromatic rings. The van der Waals surface area contributed by atoms with Crippen molar-refractivity contribution < 1.29 is 9.90 Å². The smallest absolute Gasteiger partial charge is 0.254 e. The standard InChI is InChI=1S/C12H16Cl2N2O2/c1-7(3-4-17)5-16-12(18)9-6-15-8(2)10(13)11(9)14/h6-7,17H,3-5H2,1-2H3,(H,16,18). The SMILES string of the molecule is Cc1ncc(C(=O)NCC(C)CCO)c(Cl)c1Cl.